The lowest BCUT2D eigenvalue weighted by Crippen LogP contribution is -2.13. The third-order valence-electron chi connectivity index (χ3n) is 3.70. The average Bonchev–Trinajstić information content (AvgIpc) is 3.14. The minimum Gasteiger partial charge on any atom is -0.465 e. The van der Waals surface area contributed by atoms with E-state index in [-0.39, 0.29) is 5.91 Å². The number of anilines is 1. The number of halogens is 3. The molecule has 1 N–H and O–H groups in total. The van der Waals surface area contributed by atoms with Crippen molar-refractivity contribution in [1.29, 1.82) is 0 Å². The molecule has 1 aromatic carbocycles. The lowest BCUT2D eigenvalue weighted by Gasteiger charge is -2.08. The normalized spacial score (nSPS) is 10.7. The summed E-state index contributed by atoms with van der Waals surface area (Å²) in [6, 6.07) is 9.40. The summed E-state index contributed by atoms with van der Waals surface area (Å²) in [7, 11) is 1.33. The zero-order valence-electron chi connectivity index (χ0n) is 14.1. The van der Waals surface area contributed by atoms with Gasteiger partial charge in [0.05, 0.1) is 15.8 Å². The SMILES string of the molecule is COC(=O)c1c(NC(=O)c2cc(Br)c(Br)s2)sc(C)c1-c1ccc(Br)cc1. The number of hydrogen-bond acceptors (Lipinski definition) is 5. The van der Waals surface area contributed by atoms with Crippen LogP contribution in [0.25, 0.3) is 11.1 Å². The van der Waals surface area contributed by atoms with Crippen molar-refractivity contribution in [3.05, 3.63) is 58.4 Å². The predicted octanol–water partition coefficient (Wildman–Crippen LogP) is 7.11. The summed E-state index contributed by atoms with van der Waals surface area (Å²) in [5.41, 5.74) is 2.02. The van der Waals surface area contributed by atoms with E-state index in [2.05, 4.69) is 53.1 Å². The van der Waals surface area contributed by atoms with Gasteiger partial charge in [0.25, 0.3) is 5.91 Å². The van der Waals surface area contributed by atoms with Crippen molar-refractivity contribution in [3.63, 3.8) is 0 Å². The van der Waals surface area contributed by atoms with Gasteiger partial charge < -0.3 is 10.1 Å². The first-order chi connectivity index (χ1) is 12.8. The van der Waals surface area contributed by atoms with E-state index in [1.807, 2.05) is 31.2 Å². The topological polar surface area (TPSA) is 55.4 Å². The van der Waals surface area contributed by atoms with Crippen LogP contribution in [-0.4, -0.2) is 19.0 Å². The molecule has 0 saturated carbocycles. The average molecular weight is 594 g/mol. The van der Waals surface area contributed by atoms with Crippen molar-refractivity contribution in [2.75, 3.05) is 12.4 Å². The molecule has 2 aromatic heterocycles. The summed E-state index contributed by atoms with van der Waals surface area (Å²) in [6.45, 7) is 1.92. The van der Waals surface area contributed by atoms with Crippen LogP contribution >= 0.6 is 70.5 Å². The molecular weight excluding hydrogens is 582 g/mol. The molecule has 0 fully saturated rings. The highest BCUT2D eigenvalue weighted by Crippen LogP contribution is 2.41. The number of methoxy groups -OCH3 is 1. The van der Waals surface area contributed by atoms with Gasteiger partial charge in [0.15, 0.2) is 0 Å². The molecule has 0 bridgehead atoms. The Morgan fingerprint density at radius 2 is 1.74 bits per heavy atom. The number of benzene rings is 1. The van der Waals surface area contributed by atoms with Gasteiger partial charge in [0.2, 0.25) is 0 Å². The van der Waals surface area contributed by atoms with Gasteiger partial charge in [0, 0.05) is 19.4 Å². The second kappa shape index (κ2) is 8.57. The van der Waals surface area contributed by atoms with Crippen LogP contribution in [0.3, 0.4) is 0 Å². The highest BCUT2D eigenvalue weighted by Gasteiger charge is 2.26. The van der Waals surface area contributed by atoms with Gasteiger partial charge in [-0.15, -0.1) is 22.7 Å². The summed E-state index contributed by atoms with van der Waals surface area (Å²) in [4.78, 5) is 26.6. The number of thiophene rings is 2. The molecule has 0 atom stereocenters. The zero-order valence-corrected chi connectivity index (χ0v) is 20.5. The van der Waals surface area contributed by atoms with Gasteiger partial charge in [-0.2, -0.15) is 0 Å². The Morgan fingerprint density at radius 3 is 2.30 bits per heavy atom. The monoisotopic (exact) mass is 591 g/mol. The van der Waals surface area contributed by atoms with Gasteiger partial charge in [-0.3, -0.25) is 4.79 Å². The maximum atomic E-state index is 12.7. The first-order valence-electron chi connectivity index (χ1n) is 7.55. The Morgan fingerprint density at radius 1 is 1.07 bits per heavy atom. The standard InChI is InChI=1S/C18H12Br3NO3S2/c1-8-13(9-3-5-10(19)6-4-9)14(18(24)25-2)17(26-8)22-16(23)12-7-11(20)15(21)27-12/h3-7H,1-2H3,(H,22,23). The lowest BCUT2D eigenvalue weighted by molar-refractivity contribution is 0.0603. The first-order valence-corrected chi connectivity index (χ1v) is 11.6. The van der Waals surface area contributed by atoms with Gasteiger partial charge in [-0.05, 0) is 62.5 Å². The quantitative estimate of drug-likeness (QED) is 0.328. The number of esters is 1. The Hall–Kier alpha value is -1.000. The highest BCUT2D eigenvalue weighted by atomic mass is 79.9. The van der Waals surface area contributed by atoms with Crippen LogP contribution in [0.15, 0.2) is 43.1 Å². The molecule has 3 aromatic rings. The highest BCUT2D eigenvalue weighted by molar-refractivity contribution is 9.13. The molecule has 140 valence electrons. The van der Waals surface area contributed by atoms with Crippen molar-refractivity contribution < 1.29 is 14.3 Å². The van der Waals surface area contributed by atoms with E-state index in [9.17, 15) is 9.59 Å². The second-order valence-electron chi connectivity index (χ2n) is 5.42. The molecule has 0 aliphatic rings. The Balaban J connectivity index is 2.05. The molecule has 0 aliphatic heterocycles. The Bertz CT molecular complexity index is 1010. The smallest absolute Gasteiger partial charge is 0.341 e. The van der Waals surface area contributed by atoms with E-state index in [1.54, 1.807) is 6.07 Å². The lowest BCUT2D eigenvalue weighted by atomic mass is 10.0. The molecule has 2 heterocycles. The van der Waals surface area contributed by atoms with Gasteiger partial charge >= 0.3 is 5.97 Å². The van der Waals surface area contributed by atoms with Crippen molar-refractivity contribution >= 4 is 87.3 Å². The second-order valence-corrected chi connectivity index (χ2v) is 10.8. The van der Waals surface area contributed by atoms with E-state index in [0.29, 0.717) is 15.4 Å². The molecule has 27 heavy (non-hydrogen) atoms. The van der Waals surface area contributed by atoms with Crippen LogP contribution in [0.1, 0.15) is 24.9 Å². The van der Waals surface area contributed by atoms with Crippen LogP contribution in [0, 0.1) is 6.92 Å². The predicted molar refractivity (Wildman–Crippen MR) is 121 cm³/mol. The maximum absolute atomic E-state index is 12.7. The summed E-state index contributed by atoms with van der Waals surface area (Å²) in [5.74, 6) is -0.763. The van der Waals surface area contributed by atoms with E-state index >= 15 is 0 Å². The van der Waals surface area contributed by atoms with Crippen molar-refractivity contribution in [1.82, 2.24) is 0 Å². The number of ether oxygens (including phenoxy) is 1. The van der Waals surface area contributed by atoms with Gasteiger partial charge in [-0.25, -0.2) is 4.79 Å². The molecule has 0 spiro atoms. The summed E-state index contributed by atoms with van der Waals surface area (Å²) < 4.78 is 7.57. The Labute approximate surface area is 189 Å². The molecule has 4 nitrogen and oxygen atoms in total. The molecule has 0 unspecified atom stereocenters. The van der Waals surface area contributed by atoms with Crippen molar-refractivity contribution in [2.45, 2.75) is 6.92 Å². The summed E-state index contributed by atoms with van der Waals surface area (Å²) in [5, 5.41) is 3.34. The summed E-state index contributed by atoms with van der Waals surface area (Å²) in [6.07, 6.45) is 0. The number of nitrogens with one attached hydrogen (secondary N) is 1. The number of hydrogen-bond donors (Lipinski definition) is 1. The largest absolute Gasteiger partial charge is 0.465 e. The minimum absolute atomic E-state index is 0.278. The number of rotatable bonds is 4. The van der Waals surface area contributed by atoms with E-state index in [4.69, 9.17) is 4.74 Å². The van der Waals surface area contributed by atoms with Crippen LogP contribution in [-0.2, 0) is 4.74 Å². The fourth-order valence-electron chi connectivity index (χ4n) is 2.52. The van der Waals surface area contributed by atoms with Crippen molar-refractivity contribution in [2.24, 2.45) is 0 Å². The minimum atomic E-state index is -0.485. The van der Waals surface area contributed by atoms with E-state index in [0.717, 1.165) is 28.7 Å². The molecule has 0 saturated heterocycles. The molecule has 3 rings (SSSR count). The zero-order chi connectivity index (χ0) is 19.7. The Kier molecular flexibility index (Phi) is 6.58. The van der Waals surface area contributed by atoms with Gasteiger partial charge in [0.1, 0.15) is 10.6 Å². The molecule has 1 amide bonds. The van der Waals surface area contributed by atoms with E-state index in [1.165, 1.54) is 29.8 Å². The van der Waals surface area contributed by atoms with Crippen LogP contribution < -0.4 is 5.32 Å². The molecule has 0 radical (unpaired) electrons. The number of aryl methyl sites for hydroxylation is 1. The fraction of sp³-hybridized carbons (Fsp3) is 0.111. The van der Waals surface area contributed by atoms with E-state index < -0.39 is 5.97 Å². The van der Waals surface area contributed by atoms with Gasteiger partial charge in [-0.1, -0.05) is 28.1 Å². The molecule has 9 heteroatoms. The summed E-state index contributed by atoms with van der Waals surface area (Å²) >= 11 is 12.8. The number of carbonyl (C=O) groups is 2. The van der Waals surface area contributed by atoms with Crippen LogP contribution in [0.5, 0.6) is 0 Å². The van der Waals surface area contributed by atoms with Crippen LogP contribution in [0.2, 0.25) is 0 Å². The fourth-order valence-corrected chi connectivity index (χ4v) is 5.77. The van der Waals surface area contributed by atoms with Crippen molar-refractivity contribution in [3.8, 4) is 11.1 Å². The third-order valence-corrected chi connectivity index (χ3v) is 8.51. The van der Waals surface area contributed by atoms with Crippen LogP contribution in [0.4, 0.5) is 5.00 Å². The first kappa shape index (κ1) is 20.7. The third kappa shape index (κ3) is 4.37. The molecular formula is C18H12Br3NO3S2. The maximum Gasteiger partial charge on any atom is 0.341 e. The molecule has 0 aliphatic carbocycles. The number of carbonyl (C=O) groups excluding carboxylic acids is 2. The number of amides is 1.